The summed E-state index contributed by atoms with van der Waals surface area (Å²) in [5.74, 6) is 0.00236. The predicted octanol–water partition coefficient (Wildman–Crippen LogP) is 3.01. The molecule has 1 rings (SSSR count). The van der Waals surface area contributed by atoms with E-state index in [9.17, 15) is 4.79 Å². The van der Waals surface area contributed by atoms with Gasteiger partial charge < -0.3 is 5.32 Å². The minimum absolute atomic E-state index is 0.00236. The summed E-state index contributed by atoms with van der Waals surface area (Å²) in [5.41, 5.74) is 2.20. The lowest BCUT2D eigenvalue weighted by Gasteiger charge is -2.05. The average molecular weight is 217 g/mol. The summed E-state index contributed by atoms with van der Waals surface area (Å²) in [6.07, 6.45) is 3.53. The summed E-state index contributed by atoms with van der Waals surface area (Å²) < 4.78 is 0. The predicted molar refractivity (Wildman–Crippen MR) is 68.0 cm³/mol. The van der Waals surface area contributed by atoms with Crippen LogP contribution in [-0.2, 0) is 4.79 Å². The zero-order valence-corrected chi connectivity index (χ0v) is 9.99. The number of hydrogen-bond acceptors (Lipinski definition) is 1. The number of rotatable bonds is 5. The van der Waals surface area contributed by atoms with Gasteiger partial charge in [-0.15, -0.1) is 0 Å². The minimum atomic E-state index is 0.00236. The number of benzene rings is 1. The van der Waals surface area contributed by atoms with Gasteiger partial charge in [-0.1, -0.05) is 44.2 Å². The van der Waals surface area contributed by atoms with Gasteiger partial charge in [-0.25, -0.2) is 0 Å². The molecule has 0 bridgehead atoms. The number of amides is 1. The van der Waals surface area contributed by atoms with Crippen molar-refractivity contribution in [2.75, 3.05) is 6.54 Å². The smallest absolute Gasteiger partial charge is 0.244 e. The number of carbonyl (C=O) groups is 1. The van der Waals surface area contributed by atoms with Gasteiger partial charge in [-0.05, 0) is 24.0 Å². The van der Waals surface area contributed by atoms with Crippen molar-refractivity contribution in [1.82, 2.24) is 5.32 Å². The average Bonchev–Trinajstić information content (AvgIpc) is 2.34. The van der Waals surface area contributed by atoms with Crippen molar-refractivity contribution in [1.29, 1.82) is 0 Å². The third-order valence-electron chi connectivity index (χ3n) is 2.38. The highest BCUT2D eigenvalue weighted by Crippen LogP contribution is 2.16. The molecule has 1 aromatic rings. The second-order valence-electron chi connectivity index (χ2n) is 3.68. The second kappa shape index (κ2) is 6.83. The van der Waals surface area contributed by atoms with E-state index in [0.29, 0.717) is 0 Å². The van der Waals surface area contributed by atoms with Crippen LogP contribution in [0.1, 0.15) is 32.3 Å². The van der Waals surface area contributed by atoms with Gasteiger partial charge >= 0.3 is 0 Å². The lowest BCUT2D eigenvalue weighted by atomic mass is 10.0. The molecule has 0 saturated carbocycles. The third-order valence-corrected chi connectivity index (χ3v) is 2.38. The van der Waals surface area contributed by atoms with Crippen molar-refractivity contribution >= 4 is 11.5 Å². The van der Waals surface area contributed by atoms with Gasteiger partial charge in [0.15, 0.2) is 0 Å². The fraction of sp³-hybridized carbons (Fsp3) is 0.357. The molecular formula is C14H19NO. The molecule has 2 heteroatoms. The molecule has 1 aromatic carbocycles. The highest BCUT2D eigenvalue weighted by atomic mass is 16.1. The summed E-state index contributed by atoms with van der Waals surface area (Å²) in [4.78, 5) is 11.6. The van der Waals surface area contributed by atoms with Gasteiger partial charge in [-0.3, -0.25) is 4.79 Å². The van der Waals surface area contributed by atoms with Crippen LogP contribution in [0.4, 0.5) is 0 Å². The van der Waals surface area contributed by atoms with E-state index in [2.05, 4.69) is 12.2 Å². The van der Waals surface area contributed by atoms with Crippen molar-refractivity contribution < 1.29 is 4.79 Å². The molecule has 0 aliphatic rings. The summed E-state index contributed by atoms with van der Waals surface area (Å²) in [7, 11) is 0. The van der Waals surface area contributed by atoms with Crippen LogP contribution < -0.4 is 5.32 Å². The largest absolute Gasteiger partial charge is 0.353 e. The van der Waals surface area contributed by atoms with Crippen LogP contribution in [0.2, 0.25) is 0 Å². The Hall–Kier alpha value is -1.57. The first kappa shape index (κ1) is 12.5. The Morgan fingerprint density at radius 2 is 1.94 bits per heavy atom. The normalized spacial score (nSPS) is 11.2. The zero-order valence-electron chi connectivity index (χ0n) is 9.99. The maximum absolute atomic E-state index is 11.6. The molecule has 0 aliphatic carbocycles. The fourth-order valence-electron chi connectivity index (χ4n) is 1.50. The number of nitrogens with one attached hydrogen (secondary N) is 1. The molecule has 0 heterocycles. The summed E-state index contributed by atoms with van der Waals surface area (Å²) >= 11 is 0. The van der Waals surface area contributed by atoms with E-state index >= 15 is 0 Å². The first-order valence-corrected chi connectivity index (χ1v) is 5.81. The SMILES string of the molecule is CCCNC(=O)/C=C(\CC)c1ccccc1. The first-order chi connectivity index (χ1) is 7.77. The Bertz CT molecular complexity index is 354. The van der Waals surface area contributed by atoms with Gasteiger partial charge in [0, 0.05) is 12.6 Å². The zero-order chi connectivity index (χ0) is 11.8. The molecule has 0 radical (unpaired) electrons. The van der Waals surface area contributed by atoms with Crippen LogP contribution in [-0.4, -0.2) is 12.5 Å². The molecule has 1 N–H and O–H groups in total. The van der Waals surface area contributed by atoms with Crippen molar-refractivity contribution in [2.24, 2.45) is 0 Å². The van der Waals surface area contributed by atoms with E-state index in [0.717, 1.165) is 30.5 Å². The summed E-state index contributed by atoms with van der Waals surface area (Å²) in [5, 5.41) is 2.85. The Morgan fingerprint density at radius 1 is 1.25 bits per heavy atom. The minimum Gasteiger partial charge on any atom is -0.353 e. The van der Waals surface area contributed by atoms with Gasteiger partial charge in [0.2, 0.25) is 5.91 Å². The molecule has 86 valence electrons. The van der Waals surface area contributed by atoms with E-state index in [1.54, 1.807) is 6.08 Å². The molecule has 0 aromatic heterocycles. The van der Waals surface area contributed by atoms with Crippen molar-refractivity contribution in [3.63, 3.8) is 0 Å². The van der Waals surface area contributed by atoms with E-state index in [4.69, 9.17) is 0 Å². The van der Waals surface area contributed by atoms with Crippen molar-refractivity contribution in [3.05, 3.63) is 42.0 Å². The van der Waals surface area contributed by atoms with Crippen LogP contribution in [0.3, 0.4) is 0 Å². The third kappa shape index (κ3) is 3.89. The molecule has 0 unspecified atom stereocenters. The summed E-state index contributed by atoms with van der Waals surface area (Å²) in [6.45, 7) is 4.84. The van der Waals surface area contributed by atoms with Gasteiger partial charge in [0.1, 0.15) is 0 Å². The van der Waals surface area contributed by atoms with Gasteiger partial charge in [0.05, 0.1) is 0 Å². The maximum Gasteiger partial charge on any atom is 0.244 e. The van der Waals surface area contributed by atoms with Crippen LogP contribution in [0.15, 0.2) is 36.4 Å². The number of allylic oxidation sites excluding steroid dienone is 1. The van der Waals surface area contributed by atoms with Crippen LogP contribution in [0.25, 0.3) is 5.57 Å². The van der Waals surface area contributed by atoms with E-state index in [-0.39, 0.29) is 5.91 Å². The van der Waals surface area contributed by atoms with Crippen LogP contribution >= 0.6 is 0 Å². The molecule has 0 atom stereocenters. The van der Waals surface area contributed by atoms with Crippen LogP contribution in [0, 0.1) is 0 Å². The van der Waals surface area contributed by atoms with Crippen LogP contribution in [0.5, 0.6) is 0 Å². The molecule has 16 heavy (non-hydrogen) atoms. The van der Waals surface area contributed by atoms with Gasteiger partial charge in [-0.2, -0.15) is 0 Å². The molecular weight excluding hydrogens is 198 g/mol. The van der Waals surface area contributed by atoms with E-state index < -0.39 is 0 Å². The lowest BCUT2D eigenvalue weighted by molar-refractivity contribution is -0.116. The van der Waals surface area contributed by atoms with E-state index in [1.807, 2.05) is 37.3 Å². The van der Waals surface area contributed by atoms with Crippen molar-refractivity contribution in [2.45, 2.75) is 26.7 Å². The highest BCUT2D eigenvalue weighted by molar-refractivity contribution is 5.95. The second-order valence-corrected chi connectivity index (χ2v) is 3.68. The first-order valence-electron chi connectivity index (χ1n) is 5.81. The topological polar surface area (TPSA) is 29.1 Å². The number of hydrogen-bond donors (Lipinski definition) is 1. The molecule has 0 aliphatic heterocycles. The Kier molecular flexibility index (Phi) is 5.34. The van der Waals surface area contributed by atoms with Gasteiger partial charge in [0.25, 0.3) is 0 Å². The Labute approximate surface area is 97.4 Å². The summed E-state index contributed by atoms with van der Waals surface area (Å²) in [6, 6.07) is 10.0. The lowest BCUT2D eigenvalue weighted by Crippen LogP contribution is -2.21. The monoisotopic (exact) mass is 217 g/mol. The molecule has 2 nitrogen and oxygen atoms in total. The molecule has 0 spiro atoms. The molecule has 1 amide bonds. The molecule has 0 saturated heterocycles. The molecule has 0 fully saturated rings. The Morgan fingerprint density at radius 3 is 2.50 bits per heavy atom. The maximum atomic E-state index is 11.6. The van der Waals surface area contributed by atoms with Crippen molar-refractivity contribution in [3.8, 4) is 0 Å². The highest BCUT2D eigenvalue weighted by Gasteiger charge is 2.01. The quantitative estimate of drug-likeness (QED) is 0.755. The van der Waals surface area contributed by atoms with E-state index in [1.165, 1.54) is 0 Å². The number of carbonyl (C=O) groups excluding carboxylic acids is 1. The Balaban J connectivity index is 2.74. The standard InChI is InChI=1S/C14H19NO/c1-3-10-15-14(16)11-12(4-2)13-8-6-5-7-9-13/h5-9,11H,3-4,10H2,1-2H3,(H,15,16)/b12-11+. The fourth-order valence-corrected chi connectivity index (χ4v) is 1.50.